The van der Waals surface area contributed by atoms with E-state index < -0.39 is 0 Å². The normalized spacial score (nSPS) is 12.4. The highest BCUT2D eigenvalue weighted by Gasteiger charge is 2.12. The van der Waals surface area contributed by atoms with Gasteiger partial charge in [0.2, 0.25) is 6.79 Å². The van der Waals surface area contributed by atoms with Crippen molar-refractivity contribution in [1.29, 1.82) is 0 Å². The molecular formula is C18H18N2O4. The number of hydrogen-bond acceptors (Lipinski definition) is 5. The van der Waals surface area contributed by atoms with Gasteiger partial charge in [-0.15, -0.1) is 0 Å². The van der Waals surface area contributed by atoms with Crippen LogP contribution in [0.4, 0.5) is 0 Å². The SMILES string of the molecule is Cc1ccc(OCC(=O)N/N=C/c2ccc3c(c2)OCO3)c(C)c1. The molecule has 0 saturated heterocycles. The summed E-state index contributed by atoms with van der Waals surface area (Å²) in [5, 5.41) is 3.91. The van der Waals surface area contributed by atoms with Crippen molar-refractivity contribution in [3.05, 3.63) is 53.1 Å². The Labute approximate surface area is 140 Å². The van der Waals surface area contributed by atoms with Crippen LogP contribution in [0.1, 0.15) is 16.7 Å². The third kappa shape index (κ3) is 3.84. The van der Waals surface area contributed by atoms with Crippen LogP contribution in [0.5, 0.6) is 17.2 Å². The van der Waals surface area contributed by atoms with Crippen molar-refractivity contribution < 1.29 is 19.0 Å². The van der Waals surface area contributed by atoms with Crippen molar-refractivity contribution in [2.24, 2.45) is 5.10 Å². The Balaban J connectivity index is 1.50. The first kappa shape index (κ1) is 15.9. The van der Waals surface area contributed by atoms with E-state index in [1.54, 1.807) is 12.1 Å². The number of ether oxygens (including phenoxy) is 3. The third-order valence-electron chi connectivity index (χ3n) is 3.49. The van der Waals surface area contributed by atoms with Crippen molar-refractivity contribution in [2.45, 2.75) is 13.8 Å². The second-order valence-electron chi connectivity index (χ2n) is 5.46. The fourth-order valence-electron chi connectivity index (χ4n) is 2.31. The smallest absolute Gasteiger partial charge is 0.277 e. The molecule has 1 aliphatic rings. The molecule has 0 spiro atoms. The predicted octanol–water partition coefficient (Wildman–Crippen LogP) is 2.56. The molecule has 0 aromatic heterocycles. The van der Waals surface area contributed by atoms with E-state index in [4.69, 9.17) is 14.2 Å². The lowest BCUT2D eigenvalue weighted by atomic mass is 10.1. The zero-order chi connectivity index (χ0) is 16.9. The third-order valence-corrected chi connectivity index (χ3v) is 3.49. The van der Waals surface area contributed by atoms with Crippen molar-refractivity contribution in [2.75, 3.05) is 13.4 Å². The van der Waals surface area contributed by atoms with Gasteiger partial charge in [-0.1, -0.05) is 17.7 Å². The summed E-state index contributed by atoms with van der Waals surface area (Å²) < 4.78 is 16.0. The topological polar surface area (TPSA) is 69.2 Å². The highest BCUT2D eigenvalue weighted by atomic mass is 16.7. The number of benzene rings is 2. The van der Waals surface area contributed by atoms with E-state index in [1.807, 2.05) is 38.1 Å². The molecule has 2 aromatic rings. The number of nitrogens with one attached hydrogen (secondary N) is 1. The van der Waals surface area contributed by atoms with Crippen LogP contribution in [0.2, 0.25) is 0 Å². The number of amides is 1. The molecule has 1 heterocycles. The summed E-state index contributed by atoms with van der Waals surface area (Å²) in [6.07, 6.45) is 1.54. The summed E-state index contributed by atoms with van der Waals surface area (Å²) >= 11 is 0. The van der Waals surface area contributed by atoms with Gasteiger partial charge in [0.25, 0.3) is 5.91 Å². The molecule has 24 heavy (non-hydrogen) atoms. The van der Waals surface area contributed by atoms with Gasteiger partial charge in [0.05, 0.1) is 6.21 Å². The summed E-state index contributed by atoms with van der Waals surface area (Å²) in [6.45, 7) is 4.08. The maximum atomic E-state index is 11.8. The van der Waals surface area contributed by atoms with Crippen LogP contribution in [0.3, 0.4) is 0 Å². The molecule has 0 bridgehead atoms. The van der Waals surface area contributed by atoms with E-state index in [-0.39, 0.29) is 19.3 Å². The number of aryl methyl sites for hydroxylation is 2. The van der Waals surface area contributed by atoms with Gasteiger partial charge in [0.1, 0.15) is 5.75 Å². The fourth-order valence-corrected chi connectivity index (χ4v) is 2.31. The average molecular weight is 326 g/mol. The summed E-state index contributed by atoms with van der Waals surface area (Å²) in [4.78, 5) is 11.8. The monoisotopic (exact) mass is 326 g/mol. The first-order valence-electron chi connectivity index (χ1n) is 7.53. The van der Waals surface area contributed by atoms with Crippen molar-refractivity contribution in [3.63, 3.8) is 0 Å². The Morgan fingerprint density at radius 2 is 2.04 bits per heavy atom. The Kier molecular flexibility index (Phi) is 4.65. The molecule has 0 unspecified atom stereocenters. The Morgan fingerprint density at radius 1 is 1.21 bits per heavy atom. The summed E-state index contributed by atoms with van der Waals surface area (Å²) in [5.41, 5.74) is 5.38. The minimum atomic E-state index is -0.327. The van der Waals surface area contributed by atoms with Crippen LogP contribution < -0.4 is 19.6 Å². The van der Waals surface area contributed by atoms with Crippen LogP contribution >= 0.6 is 0 Å². The Hall–Kier alpha value is -3.02. The molecule has 6 nitrogen and oxygen atoms in total. The lowest BCUT2D eigenvalue weighted by Crippen LogP contribution is -2.24. The zero-order valence-electron chi connectivity index (χ0n) is 13.5. The second-order valence-corrected chi connectivity index (χ2v) is 5.46. The summed E-state index contributed by atoms with van der Waals surface area (Å²) in [5.74, 6) is 1.74. The molecule has 0 saturated carbocycles. The van der Waals surface area contributed by atoms with Gasteiger partial charge < -0.3 is 14.2 Å². The molecule has 0 atom stereocenters. The van der Waals surface area contributed by atoms with E-state index in [2.05, 4.69) is 10.5 Å². The molecule has 0 aliphatic carbocycles. The van der Waals surface area contributed by atoms with Gasteiger partial charge in [-0.05, 0) is 49.2 Å². The molecule has 0 fully saturated rings. The summed E-state index contributed by atoms with van der Waals surface area (Å²) in [7, 11) is 0. The number of hydrazone groups is 1. The number of carbonyl (C=O) groups is 1. The molecule has 1 aliphatic heterocycles. The summed E-state index contributed by atoms with van der Waals surface area (Å²) in [6, 6.07) is 11.2. The minimum absolute atomic E-state index is 0.0949. The lowest BCUT2D eigenvalue weighted by Gasteiger charge is -2.08. The largest absolute Gasteiger partial charge is 0.483 e. The first-order valence-corrected chi connectivity index (χ1v) is 7.53. The number of hydrogen-bond donors (Lipinski definition) is 1. The number of nitrogens with zero attached hydrogens (tertiary/aromatic N) is 1. The lowest BCUT2D eigenvalue weighted by molar-refractivity contribution is -0.123. The molecule has 3 rings (SSSR count). The van der Waals surface area contributed by atoms with E-state index in [0.717, 1.165) is 16.7 Å². The van der Waals surface area contributed by atoms with Crippen molar-refractivity contribution in [1.82, 2.24) is 5.43 Å². The predicted molar refractivity (Wildman–Crippen MR) is 89.7 cm³/mol. The quantitative estimate of drug-likeness (QED) is 0.677. The molecular weight excluding hydrogens is 308 g/mol. The Morgan fingerprint density at radius 3 is 2.88 bits per heavy atom. The van der Waals surface area contributed by atoms with Gasteiger partial charge in [0, 0.05) is 0 Å². The second kappa shape index (κ2) is 7.04. The zero-order valence-corrected chi connectivity index (χ0v) is 13.5. The van der Waals surface area contributed by atoms with Crippen LogP contribution in [0.15, 0.2) is 41.5 Å². The minimum Gasteiger partial charge on any atom is -0.483 e. The van der Waals surface area contributed by atoms with Crippen LogP contribution in [-0.2, 0) is 4.79 Å². The molecule has 6 heteroatoms. The van der Waals surface area contributed by atoms with E-state index in [1.165, 1.54) is 6.21 Å². The maximum absolute atomic E-state index is 11.8. The van der Waals surface area contributed by atoms with E-state index in [0.29, 0.717) is 17.2 Å². The number of carbonyl (C=O) groups excluding carboxylic acids is 1. The maximum Gasteiger partial charge on any atom is 0.277 e. The van der Waals surface area contributed by atoms with Gasteiger partial charge in [0.15, 0.2) is 18.1 Å². The first-order chi connectivity index (χ1) is 11.6. The van der Waals surface area contributed by atoms with E-state index in [9.17, 15) is 4.79 Å². The van der Waals surface area contributed by atoms with Crippen LogP contribution in [0.25, 0.3) is 0 Å². The van der Waals surface area contributed by atoms with Gasteiger partial charge in [-0.2, -0.15) is 5.10 Å². The standard InChI is InChI=1S/C18H18N2O4/c1-12-3-5-15(13(2)7-12)22-10-18(21)20-19-9-14-4-6-16-17(8-14)24-11-23-16/h3-9H,10-11H2,1-2H3,(H,20,21)/b19-9+. The van der Waals surface area contributed by atoms with Gasteiger partial charge in [-0.25, -0.2) is 5.43 Å². The molecule has 2 aromatic carbocycles. The van der Waals surface area contributed by atoms with E-state index >= 15 is 0 Å². The molecule has 1 amide bonds. The van der Waals surface area contributed by atoms with Crippen molar-refractivity contribution in [3.8, 4) is 17.2 Å². The van der Waals surface area contributed by atoms with Crippen LogP contribution in [0, 0.1) is 13.8 Å². The highest BCUT2D eigenvalue weighted by molar-refractivity contribution is 5.83. The van der Waals surface area contributed by atoms with Crippen LogP contribution in [-0.4, -0.2) is 25.5 Å². The molecule has 1 N–H and O–H groups in total. The van der Waals surface area contributed by atoms with Gasteiger partial charge in [-0.3, -0.25) is 4.79 Å². The molecule has 124 valence electrons. The number of rotatable bonds is 5. The van der Waals surface area contributed by atoms with Crippen molar-refractivity contribution >= 4 is 12.1 Å². The Bertz CT molecular complexity index is 787. The fraction of sp³-hybridized carbons (Fsp3) is 0.222. The number of fused-ring (bicyclic) bond motifs is 1. The average Bonchev–Trinajstić information content (AvgIpc) is 3.02. The highest BCUT2D eigenvalue weighted by Crippen LogP contribution is 2.31. The molecule has 0 radical (unpaired) electrons. The van der Waals surface area contributed by atoms with Gasteiger partial charge >= 0.3 is 0 Å².